The molecule has 1 heterocycles. The zero-order chi connectivity index (χ0) is 17.6. The molecule has 7 nitrogen and oxygen atoms in total. The first kappa shape index (κ1) is 17.1. The average molecular weight is 342 g/mol. The fourth-order valence-electron chi connectivity index (χ4n) is 3.30. The fourth-order valence-corrected chi connectivity index (χ4v) is 3.30. The van der Waals surface area contributed by atoms with Crippen molar-refractivity contribution in [2.75, 3.05) is 0 Å². The van der Waals surface area contributed by atoms with E-state index in [-0.39, 0.29) is 17.7 Å². The Bertz CT molecular complexity index is 722. The molecule has 1 aliphatic carbocycles. The highest BCUT2D eigenvalue weighted by atomic mass is 16.4. The lowest BCUT2D eigenvalue weighted by Crippen LogP contribution is -2.34. The first-order valence-electron chi connectivity index (χ1n) is 8.53. The highest BCUT2D eigenvalue weighted by Crippen LogP contribution is 2.29. The van der Waals surface area contributed by atoms with Gasteiger partial charge in [0.05, 0.1) is 12.5 Å². The summed E-state index contributed by atoms with van der Waals surface area (Å²) in [4.78, 5) is 27.3. The summed E-state index contributed by atoms with van der Waals surface area (Å²) in [6.07, 6.45) is 5.60. The van der Waals surface area contributed by atoms with Crippen LogP contribution in [0.1, 0.15) is 36.8 Å². The van der Waals surface area contributed by atoms with Gasteiger partial charge in [-0.1, -0.05) is 24.3 Å². The number of hydrogen-bond donors (Lipinski definition) is 2. The predicted octanol–water partition coefficient (Wildman–Crippen LogP) is 1.83. The molecule has 0 radical (unpaired) electrons. The lowest BCUT2D eigenvalue weighted by atomic mass is 9.81. The van der Waals surface area contributed by atoms with Crippen LogP contribution in [0.2, 0.25) is 0 Å². The third kappa shape index (κ3) is 4.43. The molecule has 1 aromatic heterocycles. The maximum Gasteiger partial charge on any atom is 0.306 e. The smallest absolute Gasteiger partial charge is 0.306 e. The van der Waals surface area contributed by atoms with Crippen LogP contribution in [0.15, 0.2) is 36.9 Å². The molecule has 0 bridgehead atoms. The number of aliphatic carboxylic acids is 1. The predicted molar refractivity (Wildman–Crippen MR) is 90.5 cm³/mol. The minimum Gasteiger partial charge on any atom is -0.481 e. The van der Waals surface area contributed by atoms with E-state index in [9.17, 15) is 9.59 Å². The Labute approximate surface area is 146 Å². The molecule has 0 saturated heterocycles. The minimum atomic E-state index is -0.749. The summed E-state index contributed by atoms with van der Waals surface area (Å²) in [5.74, 6) is -1.12. The van der Waals surface area contributed by atoms with Crippen molar-refractivity contribution in [2.24, 2.45) is 11.8 Å². The average Bonchev–Trinajstić information content (AvgIpc) is 3.14. The topological polar surface area (TPSA) is 97.1 Å². The summed E-state index contributed by atoms with van der Waals surface area (Å²) < 4.78 is 1.74. The van der Waals surface area contributed by atoms with Crippen LogP contribution in [-0.2, 0) is 22.7 Å². The Morgan fingerprint density at radius 2 is 1.80 bits per heavy atom. The van der Waals surface area contributed by atoms with Crippen molar-refractivity contribution in [3.8, 4) is 0 Å². The highest BCUT2D eigenvalue weighted by molar-refractivity contribution is 5.79. The summed E-state index contributed by atoms with van der Waals surface area (Å²) in [5.41, 5.74) is 2.13. The van der Waals surface area contributed by atoms with Crippen LogP contribution in [0.4, 0.5) is 0 Å². The Kier molecular flexibility index (Phi) is 5.42. The van der Waals surface area contributed by atoms with E-state index in [1.807, 2.05) is 24.3 Å². The van der Waals surface area contributed by atoms with Crippen molar-refractivity contribution in [1.29, 1.82) is 0 Å². The molecule has 2 aromatic rings. The summed E-state index contributed by atoms with van der Waals surface area (Å²) in [5, 5.41) is 16.2. The summed E-state index contributed by atoms with van der Waals surface area (Å²) in [7, 11) is 0. The van der Waals surface area contributed by atoms with Crippen molar-refractivity contribution in [2.45, 2.75) is 38.8 Å². The van der Waals surface area contributed by atoms with Gasteiger partial charge < -0.3 is 10.4 Å². The number of carbonyl (C=O) groups is 2. The van der Waals surface area contributed by atoms with Gasteiger partial charge in [0, 0.05) is 12.5 Å². The molecular weight excluding hydrogens is 320 g/mol. The Balaban J connectivity index is 1.55. The molecule has 0 unspecified atom stereocenters. The first-order valence-corrected chi connectivity index (χ1v) is 8.53. The number of carboxylic acid groups (broad SMARTS) is 1. The van der Waals surface area contributed by atoms with Crippen molar-refractivity contribution in [3.63, 3.8) is 0 Å². The number of rotatable bonds is 6. The number of nitrogens with one attached hydrogen (secondary N) is 1. The van der Waals surface area contributed by atoms with E-state index in [2.05, 4.69) is 15.4 Å². The number of benzene rings is 1. The van der Waals surface area contributed by atoms with Crippen LogP contribution in [0.3, 0.4) is 0 Å². The monoisotopic (exact) mass is 342 g/mol. The second-order valence-corrected chi connectivity index (χ2v) is 6.47. The zero-order valence-corrected chi connectivity index (χ0v) is 14.0. The molecule has 25 heavy (non-hydrogen) atoms. The van der Waals surface area contributed by atoms with Gasteiger partial charge >= 0.3 is 5.97 Å². The van der Waals surface area contributed by atoms with Crippen LogP contribution in [0.5, 0.6) is 0 Å². The van der Waals surface area contributed by atoms with Gasteiger partial charge in [0.2, 0.25) is 5.91 Å². The number of carbonyl (C=O) groups excluding carboxylic acids is 1. The van der Waals surface area contributed by atoms with E-state index in [0.29, 0.717) is 38.8 Å². The molecule has 7 heteroatoms. The summed E-state index contributed by atoms with van der Waals surface area (Å²) >= 11 is 0. The van der Waals surface area contributed by atoms with Crippen LogP contribution >= 0.6 is 0 Å². The fraction of sp³-hybridized carbons (Fsp3) is 0.444. The second kappa shape index (κ2) is 7.92. The molecule has 3 rings (SSSR count). The molecule has 132 valence electrons. The maximum atomic E-state index is 12.4. The summed E-state index contributed by atoms with van der Waals surface area (Å²) in [6.45, 7) is 1.07. The van der Waals surface area contributed by atoms with E-state index in [1.54, 1.807) is 11.0 Å². The van der Waals surface area contributed by atoms with E-state index < -0.39 is 5.97 Å². The van der Waals surface area contributed by atoms with Crippen LogP contribution < -0.4 is 5.32 Å². The van der Waals surface area contributed by atoms with E-state index >= 15 is 0 Å². The van der Waals surface area contributed by atoms with Crippen molar-refractivity contribution < 1.29 is 14.7 Å². The summed E-state index contributed by atoms with van der Waals surface area (Å²) in [6, 6.07) is 7.92. The lowest BCUT2D eigenvalue weighted by Gasteiger charge is -2.25. The molecule has 2 N–H and O–H groups in total. The van der Waals surface area contributed by atoms with Crippen molar-refractivity contribution in [1.82, 2.24) is 20.1 Å². The Hall–Kier alpha value is -2.70. The van der Waals surface area contributed by atoms with Gasteiger partial charge in [0.1, 0.15) is 12.7 Å². The van der Waals surface area contributed by atoms with E-state index in [1.165, 1.54) is 6.33 Å². The van der Waals surface area contributed by atoms with Gasteiger partial charge in [-0.05, 0) is 36.8 Å². The molecule has 1 aliphatic rings. The highest BCUT2D eigenvalue weighted by Gasteiger charge is 2.29. The van der Waals surface area contributed by atoms with Gasteiger partial charge in [0.25, 0.3) is 0 Å². The standard InChI is InChI=1S/C18H22N4O3/c23-17(13-5-7-14(8-6-13)18(24)25)20-9-15-3-1-2-4-16(15)10-22-12-19-11-21-22/h1-4,11-14H,5-10H2,(H,20,23)(H,24,25). The third-order valence-electron chi connectivity index (χ3n) is 4.82. The maximum absolute atomic E-state index is 12.4. The van der Waals surface area contributed by atoms with Crippen molar-refractivity contribution in [3.05, 3.63) is 48.0 Å². The molecule has 1 saturated carbocycles. The number of aromatic nitrogens is 3. The largest absolute Gasteiger partial charge is 0.481 e. The minimum absolute atomic E-state index is 0.0133. The number of hydrogen-bond acceptors (Lipinski definition) is 4. The van der Waals surface area contributed by atoms with Gasteiger partial charge in [-0.3, -0.25) is 9.59 Å². The van der Waals surface area contributed by atoms with E-state index in [4.69, 9.17) is 5.11 Å². The molecule has 0 atom stereocenters. The lowest BCUT2D eigenvalue weighted by molar-refractivity contribution is -0.144. The van der Waals surface area contributed by atoms with Gasteiger partial charge in [0.15, 0.2) is 0 Å². The molecule has 0 spiro atoms. The zero-order valence-electron chi connectivity index (χ0n) is 14.0. The molecule has 1 amide bonds. The first-order chi connectivity index (χ1) is 12.1. The normalized spacial score (nSPS) is 20.2. The number of amides is 1. The van der Waals surface area contributed by atoms with Crippen LogP contribution in [0, 0.1) is 11.8 Å². The van der Waals surface area contributed by atoms with E-state index in [0.717, 1.165) is 11.1 Å². The SMILES string of the molecule is O=C(O)C1CCC(C(=O)NCc2ccccc2Cn2cncn2)CC1. The quantitative estimate of drug-likeness (QED) is 0.835. The van der Waals surface area contributed by atoms with Crippen LogP contribution in [-0.4, -0.2) is 31.7 Å². The van der Waals surface area contributed by atoms with Gasteiger partial charge in [-0.25, -0.2) is 9.67 Å². The molecular formula is C18H22N4O3. The Morgan fingerprint density at radius 1 is 1.12 bits per heavy atom. The molecule has 0 aliphatic heterocycles. The number of carboxylic acids is 1. The van der Waals surface area contributed by atoms with Crippen molar-refractivity contribution >= 4 is 11.9 Å². The Morgan fingerprint density at radius 3 is 2.44 bits per heavy atom. The molecule has 1 fully saturated rings. The van der Waals surface area contributed by atoms with Gasteiger partial charge in [-0.2, -0.15) is 5.10 Å². The van der Waals surface area contributed by atoms with Gasteiger partial charge in [-0.15, -0.1) is 0 Å². The number of nitrogens with zero attached hydrogens (tertiary/aromatic N) is 3. The third-order valence-corrected chi connectivity index (χ3v) is 4.82. The molecule has 1 aromatic carbocycles. The van der Waals surface area contributed by atoms with Crippen LogP contribution in [0.25, 0.3) is 0 Å². The second-order valence-electron chi connectivity index (χ2n) is 6.47.